The second kappa shape index (κ2) is 3.32. The van der Waals surface area contributed by atoms with Crippen LogP contribution in [0.4, 0.5) is 0 Å². The zero-order chi connectivity index (χ0) is 8.27. The first-order chi connectivity index (χ1) is 5.33. The van der Waals surface area contributed by atoms with Crippen molar-refractivity contribution < 1.29 is 0 Å². The summed E-state index contributed by atoms with van der Waals surface area (Å²) in [6.07, 6.45) is 3.15. The van der Waals surface area contributed by atoms with Crippen LogP contribution in [-0.2, 0) is 0 Å². The summed E-state index contributed by atoms with van der Waals surface area (Å²) in [5, 5.41) is 9.44. The maximum absolute atomic E-state index is 3.15. The highest BCUT2D eigenvalue weighted by molar-refractivity contribution is 5.38. The van der Waals surface area contributed by atoms with Crippen LogP contribution in [0.3, 0.4) is 0 Å². The van der Waals surface area contributed by atoms with Gasteiger partial charge in [-0.1, -0.05) is 6.08 Å². The molecule has 3 N–H and O–H groups in total. The van der Waals surface area contributed by atoms with Crippen LogP contribution in [0, 0.1) is 0 Å². The molecule has 11 heavy (non-hydrogen) atoms. The molecule has 0 saturated heterocycles. The molecular formula is C8H15N3. The number of likely N-dealkylation sites (N-methyl/N-ethyl adjacent to an activating group) is 2. The first-order valence-electron chi connectivity index (χ1n) is 3.80. The van der Waals surface area contributed by atoms with E-state index >= 15 is 0 Å². The molecule has 0 amide bonds. The molecule has 0 fully saturated rings. The molecule has 0 aromatic heterocycles. The molecule has 0 atom stereocenters. The van der Waals surface area contributed by atoms with Gasteiger partial charge < -0.3 is 16.0 Å². The highest BCUT2D eigenvalue weighted by Gasteiger charge is 2.13. The lowest BCUT2D eigenvalue weighted by Gasteiger charge is -2.09. The second-order valence-corrected chi connectivity index (χ2v) is 2.43. The average molecular weight is 153 g/mol. The van der Waals surface area contributed by atoms with Crippen LogP contribution in [0.25, 0.3) is 0 Å². The molecule has 0 radical (unpaired) electrons. The summed E-state index contributed by atoms with van der Waals surface area (Å²) in [7, 11) is 5.81. The van der Waals surface area contributed by atoms with Crippen LogP contribution in [0.1, 0.15) is 6.42 Å². The summed E-state index contributed by atoms with van der Waals surface area (Å²) in [6.45, 7) is 0. The van der Waals surface area contributed by atoms with Gasteiger partial charge >= 0.3 is 0 Å². The minimum atomic E-state index is 0.989. The third-order valence-corrected chi connectivity index (χ3v) is 1.90. The molecule has 3 heteroatoms. The van der Waals surface area contributed by atoms with Crippen LogP contribution in [0.5, 0.6) is 0 Å². The van der Waals surface area contributed by atoms with Crippen molar-refractivity contribution in [2.75, 3.05) is 21.1 Å². The first-order valence-corrected chi connectivity index (χ1v) is 3.80. The lowest BCUT2D eigenvalue weighted by molar-refractivity contribution is 0.861. The van der Waals surface area contributed by atoms with E-state index in [0.29, 0.717) is 0 Å². The van der Waals surface area contributed by atoms with Gasteiger partial charge in [0.15, 0.2) is 0 Å². The van der Waals surface area contributed by atoms with Gasteiger partial charge in [0.2, 0.25) is 0 Å². The van der Waals surface area contributed by atoms with Gasteiger partial charge in [0.05, 0.1) is 11.4 Å². The Hall–Kier alpha value is -1.12. The summed E-state index contributed by atoms with van der Waals surface area (Å²) in [6, 6.07) is 0. The molecule has 0 spiro atoms. The van der Waals surface area contributed by atoms with E-state index < -0.39 is 0 Å². The van der Waals surface area contributed by atoms with Crippen LogP contribution < -0.4 is 16.0 Å². The zero-order valence-electron chi connectivity index (χ0n) is 7.28. The number of allylic oxidation sites excluding steroid dienone is 1. The molecule has 0 bridgehead atoms. The quantitative estimate of drug-likeness (QED) is 0.540. The van der Waals surface area contributed by atoms with Gasteiger partial charge in [0, 0.05) is 33.3 Å². The van der Waals surface area contributed by atoms with Gasteiger partial charge in [-0.2, -0.15) is 0 Å². The molecule has 0 aromatic carbocycles. The summed E-state index contributed by atoms with van der Waals surface area (Å²) in [5.74, 6) is 0. The summed E-state index contributed by atoms with van der Waals surface area (Å²) in [5.41, 5.74) is 3.60. The fourth-order valence-electron chi connectivity index (χ4n) is 1.31. The number of hydrogen-bond donors (Lipinski definition) is 3. The maximum atomic E-state index is 3.15. The molecule has 3 nitrogen and oxygen atoms in total. The number of nitrogens with one attached hydrogen (secondary N) is 3. The van der Waals surface area contributed by atoms with Crippen molar-refractivity contribution in [1.29, 1.82) is 0 Å². The van der Waals surface area contributed by atoms with E-state index in [1.54, 1.807) is 0 Å². The molecule has 0 unspecified atom stereocenters. The zero-order valence-corrected chi connectivity index (χ0v) is 7.28. The Morgan fingerprint density at radius 3 is 2.27 bits per heavy atom. The van der Waals surface area contributed by atoms with E-state index in [0.717, 1.165) is 6.42 Å². The van der Waals surface area contributed by atoms with Crippen LogP contribution in [-0.4, -0.2) is 21.1 Å². The van der Waals surface area contributed by atoms with Crippen LogP contribution in [0.2, 0.25) is 0 Å². The molecular weight excluding hydrogens is 138 g/mol. The van der Waals surface area contributed by atoms with Gasteiger partial charge in [-0.05, 0) is 0 Å². The minimum Gasteiger partial charge on any atom is -0.389 e. The fourth-order valence-corrected chi connectivity index (χ4v) is 1.31. The third-order valence-electron chi connectivity index (χ3n) is 1.90. The van der Waals surface area contributed by atoms with Crippen molar-refractivity contribution in [1.82, 2.24) is 16.0 Å². The van der Waals surface area contributed by atoms with E-state index in [1.165, 1.54) is 17.1 Å². The normalized spacial score (nSPS) is 16.5. The largest absolute Gasteiger partial charge is 0.389 e. The average Bonchev–Trinajstić information content (AvgIpc) is 2.45. The second-order valence-electron chi connectivity index (χ2n) is 2.43. The van der Waals surface area contributed by atoms with Gasteiger partial charge in [-0.25, -0.2) is 0 Å². The monoisotopic (exact) mass is 153 g/mol. The summed E-state index contributed by atoms with van der Waals surface area (Å²) < 4.78 is 0. The Balaban J connectivity index is 2.80. The van der Waals surface area contributed by atoms with E-state index in [1.807, 2.05) is 21.1 Å². The van der Waals surface area contributed by atoms with E-state index in [9.17, 15) is 0 Å². The predicted molar refractivity (Wildman–Crippen MR) is 46.9 cm³/mol. The molecule has 62 valence electrons. The highest BCUT2D eigenvalue weighted by atomic mass is 15.0. The minimum absolute atomic E-state index is 0.989. The molecule has 0 saturated carbocycles. The number of hydrogen-bond acceptors (Lipinski definition) is 3. The molecule has 1 aliphatic rings. The standard InChI is InChI=1S/C8H15N3/c1-9-6-4-5-7(10-2)8(6)11-3/h4,9-11H,5H2,1-3H3. The van der Waals surface area contributed by atoms with Crippen molar-refractivity contribution in [2.24, 2.45) is 0 Å². The molecule has 0 heterocycles. The molecule has 0 aliphatic heterocycles. The number of rotatable bonds is 3. The molecule has 1 rings (SSSR count). The van der Waals surface area contributed by atoms with Crippen molar-refractivity contribution in [2.45, 2.75) is 6.42 Å². The van der Waals surface area contributed by atoms with Crippen molar-refractivity contribution >= 4 is 0 Å². The predicted octanol–water partition coefficient (Wildman–Crippen LogP) is 0.144. The van der Waals surface area contributed by atoms with E-state index in [-0.39, 0.29) is 0 Å². The lowest BCUT2D eigenvalue weighted by Crippen LogP contribution is -2.19. The van der Waals surface area contributed by atoms with Crippen molar-refractivity contribution in [3.05, 3.63) is 23.2 Å². The SMILES string of the molecule is CNC1=CCC(NC)=C1NC. The first kappa shape index (κ1) is 7.98. The lowest BCUT2D eigenvalue weighted by atomic mass is 10.3. The maximum Gasteiger partial charge on any atom is 0.0765 e. The fraction of sp³-hybridized carbons (Fsp3) is 0.500. The Kier molecular flexibility index (Phi) is 2.41. The Labute approximate surface area is 67.6 Å². The van der Waals surface area contributed by atoms with Crippen molar-refractivity contribution in [3.8, 4) is 0 Å². The van der Waals surface area contributed by atoms with Crippen LogP contribution >= 0.6 is 0 Å². The van der Waals surface area contributed by atoms with E-state index in [4.69, 9.17) is 0 Å². The van der Waals surface area contributed by atoms with Gasteiger partial charge in [0.1, 0.15) is 0 Å². The summed E-state index contributed by atoms with van der Waals surface area (Å²) >= 11 is 0. The summed E-state index contributed by atoms with van der Waals surface area (Å²) in [4.78, 5) is 0. The molecule has 0 aromatic rings. The van der Waals surface area contributed by atoms with Gasteiger partial charge in [-0.3, -0.25) is 0 Å². The topological polar surface area (TPSA) is 36.1 Å². The van der Waals surface area contributed by atoms with Gasteiger partial charge in [-0.15, -0.1) is 0 Å². The Bertz CT molecular complexity index is 203. The van der Waals surface area contributed by atoms with Crippen LogP contribution in [0.15, 0.2) is 23.2 Å². The van der Waals surface area contributed by atoms with Crippen molar-refractivity contribution in [3.63, 3.8) is 0 Å². The molecule has 1 aliphatic carbocycles. The Morgan fingerprint density at radius 2 is 1.82 bits per heavy atom. The Morgan fingerprint density at radius 1 is 1.09 bits per heavy atom. The smallest absolute Gasteiger partial charge is 0.0765 e. The third kappa shape index (κ3) is 1.31. The van der Waals surface area contributed by atoms with E-state index in [2.05, 4.69) is 22.0 Å². The van der Waals surface area contributed by atoms with Gasteiger partial charge in [0.25, 0.3) is 0 Å². The highest BCUT2D eigenvalue weighted by Crippen LogP contribution is 2.18.